The first-order chi connectivity index (χ1) is 8.74. The van der Waals surface area contributed by atoms with Crippen molar-refractivity contribution in [2.24, 2.45) is 0 Å². The van der Waals surface area contributed by atoms with Gasteiger partial charge < -0.3 is 4.90 Å². The third kappa shape index (κ3) is 2.71. The number of rotatable bonds is 3. The van der Waals surface area contributed by atoms with Crippen LogP contribution in [-0.4, -0.2) is 28.4 Å². The first kappa shape index (κ1) is 13.1. The number of carbonyl (C=O) groups is 1. The molecule has 0 radical (unpaired) electrons. The summed E-state index contributed by atoms with van der Waals surface area (Å²) in [4.78, 5) is 18.7. The molecule has 98 valence electrons. The van der Waals surface area contributed by atoms with Crippen molar-refractivity contribution >= 4 is 5.91 Å². The van der Waals surface area contributed by atoms with Gasteiger partial charge in [0.2, 0.25) is 0 Å². The van der Waals surface area contributed by atoms with Crippen LogP contribution in [0.5, 0.6) is 0 Å². The van der Waals surface area contributed by atoms with Gasteiger partial charge in [-0.2, -0.15) is 0 Å². The minimum atomic E-state index is 0.148. The van der Waals surface area contributed by atoms with E-state index in [9.17, 15) is 4.79 Å². The van der Waals surface area contributed by atoms with E-state index in [1.54, 1.807) is 12.4 Å². The van der Waals surface area contributed by atoms with E-state index >= 15 is 0 Å². The molecule has 0 saturated heterocycles. The van der Waals surface area contributed by atoms with Gasteiger partial charge in [0.25, 0.3) is 5.91 Å². The van der Waals surface area contributed by atoms with Crippen LogP contribution >= 0.6 is 0 Å². The Morgan fingerprint density at radius 3 is 2.72 bits per heavy atom. The number of aryl methyl sites for hydroxylation is 1. The van der Waals surface area contributed by atoms with Crippen LogP contribution in [0.25, 0.3) is 0 Å². The Hall–Kier alpha value is -1.38. The quantitative estimate of drug-likeness (QED) is 0.820. The normalized spacial score (nSPS) is 16.6. The van der Waals surface area contributed by atoms with Crippen LogP contribution in [0, 0.1) is 6.92 Å². The predicted octanol–water partition coefficient (Wildman–Crippen LogP) is 3.18. The van der Waals surface area contributed by atoms with Gasteiger partial charge in [0.1, 0.15) is 0 Å². The monoisotopic (exact) mass is 246 g/mol. The first-order valence-corrected chi connectivity index (χ1v) is 6.95. The first-order valence-electron chi connectivity index (χ1n) is 6.95. The SMILES string of the molecule is CCN(C(=O)c1cnccc1C)C1CCCCC1. The second-order valence-electron chi connectivity index (χ2n) is 5.07. The highest BCUT2D eigenvalue weighted by Crippen LogP contribution is 2.24. The lowest BCUT2D eigenvalue weighted by Crippen LogP contribution is -2.41. The lowest BCUT2D eigenvalue weighted by molar-refractivity contribution is 0.0647. The van der Waals surface area contributed by atoms with Crippen molar-refractivity contribution in [2.75, 3.05) is 6.54 Å². The van der Waals surface area contributed by atoms with Gasteiger partial charge in [0.15, 0.2) is 0 Å². The standard InChI is InChI=1S/C15H22N2O/c1-3-17(13-7-5-4-6-8-13)15(18)14-11-16-10-9-12(14)2/h9-11,13H,3-8H2,1-2H3. The number of hydrogen-bond donors (Lipinski definition) is 0. The number of pyridine rings is 1. The molecule has 1 aromatic rings. The Kier molecular flexibility index (Phi) is 4.34. The van der Waals surface area contributed by atoms with E-state index in [1.807, 2.05) is 17.9 Å². The molecule has 1 amide bonds. The Morgan fingerprint density at radius 1 is 1.39 bits per heavy atom. The Balaban J connectivity index is 2.17. The van der Waals surface area contributed by atoms with E-state index in [0.29, 0.717) is 6.04 Å². The summed E-state index contributed by atoms with van der Waals surface area (Å²) in [5, 5.41) is 0. The molecule has 1 aliphatic rings. The van der Waals surface area contributed by atoms with Crippen LogP contribution in [0.1, 0.15) is 54.9 Å². The summed E-state index contributed by atoms with van der Waals surface area (Å²) >= 11 is 0. The van der Waals surface area contributed by atoms with Gasteiger partial charge in [-0.25, -0.2) is 0 Å². The lowest BCUT2D eigenvalue weighted by atomic mass is 9.93. The third-order valence-corrected chi connectivity index (χ3v) is 3.89. The van der Waals surface area contributed by atoms with E-state index in [0.717, 1.165) is 30.5 Å². The molecule has 1 aliphatic carbocycles. The van der Waals surface area contributed by atoms with Crippen molar-refractivity contribution in [1.29, 1.82) is 0 Å². The van der Waals surface area contributed by atoms with Crippen LogP contribution in [0.4, 0.5) is 0 Å². The van der Waals surface area contributed by atoms with Crippen LogP contribution in [-0.2, 0) is 0 Å². The topological polar surface area (TPSA) is 33.2 Å². The van der Waals surface area contributed by atoms with E-state index in [-0.39, 0.29) is 5.91 Å². The summed E-state index contributed by atoms with van der Waals surface area (Å²) in [6, 6.07) is 2.33. The summed E-state index contributed by atoms with van der Waals surface area (Å²) in [5.41, 5.74) is 1.77. The summed E-state index contributed by atoms with van der Waals surface area (Å²) in [7, 11) is 0. The maximum absolute atomic E-state index is 12.6. The fourth-order valence-corrected chi connectivity index (χ4v) is 2.80. The van der Waals surface area contributed by atoms with Gasteiger partial charge in [-0.1, -0.05) is 19.3 Å². The molecule has 2 rings (SSSR count). The highest BCUT2D eigenvalue weighted by Gasteiger charge is 2.25. The molecular weight excluding hydrogens is 224 g/mol. The molecule has 1 saturated carbocycles. The average Bonchev–Trinajstić information content (AvgIpc) is 2.41. The van der Waals surface area contributed by atoms with Gasteiger partial charge in [-0.05, 0) is 38.3 Å². The van der Waals surface area contributed by atoms with Crippen molar-refractivity contribution in [1.82, 2.24) is 9.88 Å². The van der Waals surface area contributed by atoms with Crippen molar-refractivity contribution in [3.63, 3.8) is 0 Å². The molecule has 0 N–H and O–H groups in total. The van der Waals surface area contributed by atoms with Crippen LogP contribution in [0.2, 0.25) is 0 Å². The number of hydrogen-bond acceptors (Lipinski definition) is 2. The summed E-state index contributed by atoms with van der Waals surface area (Å²) in [6.45, 7) is 4.83. The average molecular weight is 246 g/mol. The maximum Gasteiger partial charge on any atom is 0.255 e. The zero-order valence-electron chi connectivity index (χ0n) is 11.4. The molecule has 1 aromatic heterocycles. The number of amides is 1. The predicted molar refractivity (Wildman–Crippen MR) is 72.6 cm³/mol. The van der Waals surface area contributed by atoms with Gasteiger partial charge in [-0.15, -0.1) is 0 Å². The second-order valence-corrected chi connectivity index (χ2v) is 5.07. The summed E-state index contributed by atoms with van der Waals surface area (Å²) in [5.74, 6) is 0.148. The van der Waals surface area contributed by atoms with E-state index in [2.05, 4.69) is 11.9 Å². The molecule has 0 unspecified atom stereocenters. The molecule has 1 fully saturated rings. The Morgan fingerprint density at radius 2 is 2.11 bits per heavy atom. The molecule has 18 heavy (non-hydrogen) atoms. The number of nitrogens with zero attached hydrogens (tertiary/aromatic N) is 2. The smallest absolute Gasteiger partial charge is 0.255 e. The summed E-state index contributed by atoms with van der Waals surface area (Å²) < 4.78 is 0. The van der Waals surface area contributed by atoms with Crippen molar-refractivity contribution in [2.45, 2.75) is 52.0 Å². The van der Waals surface area contributed by atoms with E-state index < -0.39 is 0 Å². The highest BCUT2D eigenvalue weighted by molar-refractivity contribution is 5.95. The van der Waals surface area contributed by atoms with Gasteiger partial charge in [0.05, 0.1) is 5.56 Å². The van der Waals surface area contributed by atoms with Crippen LogP contribution in [0.15, 0.2) is 18.5 Å². The third-order valence-electron chi connectivity index (χ3n) is 3.89. The summed E-state index contributed by atoms with van der Waals surface area (Å²) in [6.07, 6.45) is 9.55. The van der Waals surface area contributed by atoms with Crippen LogP contribution in [0.3, 0.4) is 0 Å². The maximum atomic E-state index is 12.6. The molecule has 0 aliphatic heterocycles. The molecule has 0 aromatic carbocycles. The minimum Gasteiger partial charge on any atom is -0.336 e. The molecular formula is C15H22N2O. The lowest BCUT2D eigenvalue weighted by Gasteiger charge is -2.33. The van der Waals surface area contributed by atoms with Crippen molar-refractivity contribution in [3.05, 3.63) is 29.6 Å². The number of carbonyl (C=O) groups excluding carboxylic acids is 1. The molecule has 0 atom stereocenters. The zero-order valence-corrected chi connectivity index (χ0v) is 11.4. The van der Waals surface area contributed by atoms with Gasteiger partial charge in [0, 0.05) is 25.0 Å². The molecule has 3 nitrogen and oxygen atoms in total. The zero-order chi connectivity index (χ0) is 13.0. The van der Waals surface area contributed by atoms with Crippen molar-refractivity contribution in [3.8, 4) is 0 Å². The second kappa shape index (κ2) is 5.98. The molecule has 3 heteroatoms. The van der Waals surface area contributed by atoms with E-state index in [1.165, 1.54) is 19.3 Å². The van der Waals surface area contributed by atoms with Crippen molar-refractivity contribution < 1.29 is 4.79 Å². The highest BCUT2D eigenvalue weighted by atomic mass is 16.2. The molecule has 1 heterocycles. The van der Waals surface area contributed by atoms with Gasteiger partial charge in [-0.3, -0.25) is 9.78 Å². The van der Waals surface area contributed by atoms with E-state index in [4.69, 9.17) is 0 Å². The minimum absolute atomic E-state index is 0.148. The number of aromatic nitrogens is 1. The molecule has 0 spiro atoms. The van der Waals surface area contributed by atoms with Crippen LogP contribution < -0.4 is 0 Å². The molecule has 0 bridgehead atoms. The fraction of sp³-hybridized carbons (Fsp3) is 0.600. The fourth-order valence-electron chi connectivity index (χ4n) is 2.80. The Labute approximate surface area is 109 Å². The van der Waals surface area contributed by atoms with Gasteiger partial charge >= 0.3 is 0 Å². The largest absolute Gasteiger partial charge is 0.336 e. The Bertz CT molecular complexity index is 411.